The third-order valence-corrected chi connectivity index (χ3v) is 3.03. The second-order valence-electron chi connectivity index (χ2n) is 5.34. The van der Waals surface area contributed by atoms with Gasteiger partial charge in [0, 0.05) is 0 Å². The molecule has 10 heteroatoms. The van der Waals surface area contributed by atoms with Crippen LogP contribution in [0.2, 0.25) is 0 Å². The van der Waals surface area contributed by atoms with E-state index in [1.54, 1.807) is 0 Å². The predicted octanol–water partition coefficient (Wildman–Crippen LogP) is -1.23. The summed E-state index contributed by atoms with van der Waals surface area (Å²) in [6.45, 7) is 2.88. The molecule has 0 spiro atoms. The zero-order valence-electron chi connectivity index (χ0n) is 14.0. The predicted molar refractivity (Wildman–Crippen MR) is 88.5 cm³/mol. The van der Waals surface area contributed by atoms with Crippen molar-refractivity contribution in [3.8, 4) is 0 Å². The summed E-state index contributed by atoms with van der Waals surface area (Å²) < 4.78 is 0. The summed E-state index contributed by atoms with van der Waals surface area (Å²) in [7, 11) is 0. The maximum Gasteiger partial charge on any atom is 0.320 e. The number of unbranched alkanes of at least 4 members (excludes halogenated alkanes) is 1. The maximum absolute atomic E-state index is 10.1. The first-order chi connectivity index (χ1) is 11.1. The van der Waals surface area contributed by atoms with Gasteiger partial charge in [0.25, 0.3) is 0 Å². The van der Waals surface area contributed by atoms with Crippen molar-refractivity contribution in [3.63, 3.8) is 0 Å². The van der Waals surface area contributed by atoms with Crippen LogP contribution in [0.15, 0.2) is 0 Å². The number of hydrogen-bond acceptors (Lipinski definition) is 7. The Morgan fingerprint density at radius 3 is 1.92 bits per heavy atom. The molecule has 0 amide bonds. The van der Waals surface area contributed by atoms with Crippen LogP contribution in [0.1, 0.15) is 39.0 Å². The number of rotatable bonds is 7. The van der Waals surface area contributed by atoms with Crippen LogP contribution in [0.25, 0.3) is 0 Å². The minimum Gasteiger partial charge on any atom is -0.480 e. The lowest BCUT2D eigenvalue weighted by atomic mass is 10.1. The van der Waals surface area contributed by atoms with E-state index in [1.807, 2.05) is 0 Å². The average Bonchev–Trinajstić information content (AvgIpc) is 3.03. The normalized spacial score (nSPS) is 18.2. The van der Waals surface area contributed by atoms with Gasteiger partial charge in [0.2, 0.25) is 0 Å². The second kappa shape index (κ2) is 14.8. The minimum absolute atomic E-state index is 0.269. The highest BCUT2D eigenvalue weighted by Crippen LogP contribution is 2.03. The molecular formula is C14H30N4O6. The van der Waals surface area contributed by atoms with Crippen molar-refractivity contribution in [2.75, 3.05) is 13.1 Å². The quantitative estimate of drug-likeness (QED) is 0.272. The van der Waals surface area contributed by atoms with Crippen LogP contribution >= 0.6 is 0 Å². The van der Waals surface area contributed by atoms with Crippen LogP contribution in [0.4, 0.5) is 0 Å². The first kappa shape index (κ1) is 24.5. The van der Waals surface area contributed by atoms with E-state index in [0.29, 0.717) is 13.0 Å². The number of nitrogens with one attached hydrogen (secondary N) is 1. The zero-order chi connectivity index (χ0) is 19.1. The molecule has 0 radical (unpaired) electrons. The average molecular weight is 350 g/mol. The van der Waals surface area contributed by atoms with Gasteiger partial charge in [-0.25, -0.2) is 0 Å². The number of carboxylic acids is 3. The highest BCUT2D eigenvalue weighted by molar-refractivity contribution is 5.73. The molecule has 0 aromatic rings. The molecule has 0 aromatic carbocycles. The lowest BCUT2D eigenvalue weighted by molar-refractivity contribution is -0.139. The molecule has 142 valence electrons. The van der Waals surface area contributed by atoms with Crippen LogP contribution in [0.5, 0.6) is 0 Å². The molecule has 1 saturated heterocycles. The molecule has 1 aliphatic heterocycles. The Morgan fingerprint density at radius 1 is 1.12 bits per heavy atom. The molecule has 1 rings (SSSR count). The van der Waals surface area contributed by atoms with Gasteiger partial charge in [-0.15, -0.1) is 0 Å². The topological polar surface area (TPSA) is 202 Å². The van der Waals surface area contributed by atoms with Crippen molar-refractivity contribution in [1.29, 1.82) is 0 Å². The van der Waals surface area contributed by atoms with Gasteiger partial charge >= 0.3 is 17.9 Å². The molecule has 1 aliphatic rings. The number of carboxylic acid groups (broad SMARTS) is 3. The van der Waals surface area contributed by atoms with Gasteiger partial charge < -0.3 is 37.8 Å². The molecule has 3 atom stereocenters. The van der Waals surface area contributed by atoms with Crippen molar-refractivity contribution in [2.45, 2.75) is 57.2 Å². The summed E-state index contributed by atoms with van der Waals surface area (Å²) in [4.78, 5) is 29.9. The Hall–Kier alpha value is -1.75. The van der Waals surface area contributed by atoms with E-state index in [-0.39, 0.29) is 6.04 Å². The molecule has 10 N–H and O–H groups in total. The molecule has 0 aromatic heterocycles. The Bertz CT molecular complexity index is 372. The van der Waals surface area contributed by atoms with Crippen LogP contribution in [0.3, 0.4) is 0 Å². The fraction of sp³-hybridized carbons (Fsp3) is 0.786. The SMILES string of the molecule is C[C@H](N)C(=O)O.NCCCC[C@H](N)C(=O)O.O=C(O)[C@@H]1CCCN1. The van der Waals surface area contributed by atoms with Gasteiger partial charge in [0.1, 0.15) is 18.1 Å². The fourth-order valence-electron chi connectivity index (χ4n) is 1.53. The maximum atomic E-state index is 10.1. The molecule has 0 aliphatic carbocycles. The minimum atomic E-state index is -0.963. The standard InChI is InChI=1S/C6H14N2O2.C5H9NO2.C3H7NO2/c7-4-2-1-3-5(8)6(9)10;7-5(8)4-2-1-3-6-4;1-2(4)3(5)6/h5H,1-4,7-8H2,(H,9,10);4,6H,1-3H2,(H,7,8);2H,4H2,1H3,(H,5,6)/t5-;4-;2-/m000/s1. The van der Waals surface area contributed by atoms with Crippen molar-refractivity contribution < 1.29 is 29.7 Å². The van der Waals surface area contributed by atoms with Crippen LogP contribution in [-0.4, -0.2) is 64.4 Å². The monoisotopic (exact) mass is 350 g/mol. The number of aliphatic carboxylic acids is 3. The Balaban J connectivity index is 0. The van der Waals surface area contributed by atoms with E-state index in [2.05, 4.69) is 5.32 Å². The largest absolute Gasteiger partial charge is 0.480 e. The van der Waals surface area contributed by atoms with Crippen LogP contribution < -0.4 is 22.5 Å². The van der Waals surface area contributed by atoms with Gasteiger partial charge in [-0.1, -0.05) is 6.42 Å². The van der Waals surface area contributed by atoms with Crippen LogP contribution in [-0.2, 0) is 14.4 Å². The second-order valence-corrected chi connectivity index (χ2v) is 5.34. The molecule has 0 bridgehead atoms. The lowest BCUT2D eigenvalue weighted by Crippen LogP contribution is -2.29. The Kier molecular flexibility index (Phi) is 15.1. The highest BCUT2D eigenvalue weighted by atomic mass is 16.4. The number of nitrogens with two attached hydrogens (primary N) is 3. The van der Waals surface area contributed by atoms with E-state index >= 15 is 0 Å². The van der Waals surface area contributed by atoms with Gasteiger partial charge in [0.15, 0.2) is 0 Å². The summed E-state index contributed by atoms with van der Waals surface area (Å²) in [5, 5.41) is 27.4. The van der Waals surface area contributed by atoms with Crippen molar-refractivity contribution in [2.24, 2.45) is 17.2 Å². The summed E-state index contributed by atoms with van der Waals surface area (Å²) in [5.74, 6) is -2.62. The molecular weight excluding hydrogens is 320 g/mol. The Morgan fingerprint density at radius 2 is 1.67 bits per heavy atom. The number of hydrogen-bond donors (Lipinski definition) is 7. The van der Waals surface area contributed by atoms with Gasteiger partial charge in [0.05, 0.1) is 0 Å². The van der Waals surface area contributed by atoms with Gasteiger partial charge in [-0.3, -0.25) is 14.4 Å². The van der Waals surface area contributed by atoms with E-state index in [4.69, 9.17) is 32.5 Å². The summed E-state index contributed by atoms with van der Waals surface area (Å²) in [6.07, 6.45) is 3.95. The van der Waals surface area contributed by atoms with Crippen LogP contribution in [0, 0.1) is 0 Å². The highest BCUT2D eigenvalue weighted by Gasteiger charge is 2.20. The van der Waals surface area contributed by atoms with E-state index < -0.39 is 30.0 Å². The third-order valence-electron chi connectivity index (χ3n) is 3.03. The first-order valence-corrected chi connectivity index (χ1v) is 7.76. The summed E-state index contributed by atoms with van der Waals surface area (Å²) in [6, 6.07) is -1.72. The van der Waals surface area contributed by atoms with E-state index in [1.165, 1.54) is 6.92 Å². The van der Waals surface area contributed by atoms with Crippen molar-refractivity contribution >= 4 is 17.9 Å². The smallest absolute Gasteiger partial charge is 0.320 e. The summed E-state index contributed by atoms with van der Waals surface area (Å²) >= 11 is 0. The van der Waals surface area contributed by atoms with E-state index in [0.717, 1.165) is 32.2 Å². The third kappa shape index (κ3) is 15.2. The van der Waals surface area contributed by atoms with Gasteiger partial charge in [-0.05, 0) is 45.7 Å². The number of carbonyl (C=O) groups is 3. The lowest BCUT2D eigenvalue weighted by Gasteiger charge is -2.03. The fourth-order valence-corrected chi connectivity index (χ4v) is 1.53. The molecule has 1 fully saturated rings. The Labute approximate surface area is 141 Å². The van der Waals surface area contributed by atoms with Crippen molar-refractivity contribution in [3.05, 3.63) is 0 Å². The molecule has 10 nitrogen and oxygen atoms in total. The molecule has 24 heavy (non-hydrogen) atoms. The van der Waals surface area contributed by atoms with Gasteiger partial charge in [-0.2, -0.15) is 0 Å². The molecule has 1 heterocycles. The van der Waals surface area contributed by atoms with Crippen molar-refractivity contribution in [1.82, 2.24) is 5.32 Å². The molecule has 0 saturated carbocycles. The zero-order valence-corrected chi connectivity index (χ0v) is 14.0. The molecule has 0 unspecified atom stereocenters. The summed E-state index contributed by atoms with van der Waals surface area (Å²) in [5.41, 5.74) is 15.3. The van der Waals surface area contributed by atoms with E-state index in [9.17, 15) is 14.4 Å². The first-order valence-electron chi connectivity index (χ1n) is 7.76.